The first-order chi connectivity index (χ1) is 8.84. The zero-order valence-electron chi connectivity index (χ0n) is 9.77. The number of hydrogen-bond acceptors (Lipinski definition) is 5. The number of carboxylic acid groups (broad SMARTS) is 1. The van der Waals surface area contributed by atoms with Gasteiger partial charge in [-0.15, -0.1) is 11.3 Å². The van der Waals surface area contributed by atoms with Crippen molar-refractivity contribution in [1.82, 2.24) is 4.31 Å². The highest BCUT2D eigenvalue weighted by Crippen LogP contribution is 2.29. The number of carboxylic acids is 1. The molecule has 9 heteroatoms. The van der Waals surface area contributed by atoms with Gasteiger partial charge in [-0.2, -0.15) is 4.31 Å². The molecule has 0 saturated carbocycles. The van der Waals surface area contributed by atoms with Crippen LogP contribution in [0.1, 0.15) is 23.2 Å². The summed E-state index contributed by atoms with van der Waals surface area (Å²) < 4.78 is 25.6. The Morgan fingerprint density at radius 3 is 2.68 bits per heavy atom. The lowest BCUT2D eigenvalue weighted by Crippen LogP contribution is -2.43. The Kier molecular flexibility index (Phi) is 3.61. The summed E-state index contributed by atoms with van der Waals surface area (Å²) in [6.45, 7) is 0.218. The summed E-state index contributed by atoms with van der Waals surface area (Å²) in [5.41, 5.74) is 5.10. The monoisotopic (exact) mass is 304 g/mol. The normalized spacial score (nSPS) is 20.5. The standard InChI is InChI=1S/C10H12N2O5S2/c11-9(13)7-2-1-3-12(7)19(16,17)8-4-6(5-18-8)10(14)15/h4-5,7H,1-3H2,(H2,11,13)(H,14,15)/t7-/m0/s1. The third-order valence-electron chi connectivity index (χ3n) is 2.92. The molecule has 1 aliphatic rings. The molecular weight excluding hydrogens is 292 g/mol. The molecule has 0 aromatic carbocycles. The van der Waals surface area contributed by atoms with Gasteiger partial charge in [0, 0.05) is 11.9 Å². The van der Waals surface area contributed by atoms with Gasteiger partial charge in [0.15, 0.2) is 0 Å². The maximum absolute atomic E-state index is 12.3. The number of carbonyl (C=O) groups excluding carboxylic acids is 1. The summed E-state index contributed by atoms with van der Waals surface area (Å²) in [4.78, 5) is 22.0. The summed E-state index contributed by atoms with van der Waals surface area (Å²) >= 11 is 0.823. The lowest BCUT2D eigenvalue weighted by molar-refractivity contribution is -0.121. The van der Waals surface area contributed by atoms with E-state index in [4.69, 9.17) is 10.8 Å². The second-order valence-corrected chi connectivity index (χ2v) is 7.16. The molecule has 0 unspecified atom stereocenters. The third-order valence-corrected chi connectivity index (χ3v) is 6.24. The predicted octanol–water partition coefficient (Wildman–Crippen LogP) is 0.0847. The van der Waals surface area contributed by atoms with Crippen LogP contribution in [-0.4, -0.2) is 42.3 Å². The highest BCUT2D eigenvalue weighted by Gasteiger charge is 2.39. The average molecular weight is 304 g/mol. The van der Waals surface area contributed by atoms with Crippen molar-refractivity contribution in [2.45, 2.75) is 23.1 Å². The molecule has 1 fully saturated rings. The maximum atomic E-state index is 12.3. The van der Waals surface area contributed by atoms with Crippen molar-refractivity contribution in [3.63, 3.8) is 0 Å². The van der Waals surface area contributed by atoms with E-state index in [1.54, 1.807) is 0 Å². The Labute approximate surface area is 113 Å². The highest BCUT2D eigenvalue weighted by molar-refractivity contribution is 7.91. The van der Waals surface area contributed by atoms with Crippen LogP contribution in [0.5, 0.6) is 0 Å². The zero-order chi connectivity index (χ0) is 14.2. The van der Waals surface area contributed by atoms with Gasteiger partial charge in [-0.25, -0.2) is 13.2 Å². The van der Waals surface area contributed by atoms with Crippen LogP contribution < -0.4 is 5.73 Å². The smallest absolute Gasteiger partial charge is 0.336 e. The number of thiophene rings is 1. The first-order valence-electron chi connectivity index (χ1n) is 5.47. The summed E-state index contributed by atoms with van der Waals surface area (Å²) in [7, 11) is -3.86. The van der Waals surface area contributed by atoms with Gasteiger partial charge in [-0.1, -0.05) is 0 Å². The van der Waals surface area contributed by atoms with Crippen molar-refractivity contribution in [2.75, 3.05) is 6.54 Å². The molecule has 104 valence electrons. The SMILES string of the molecule is NC(=O)[C@@H]1CCCN1S(=O)(=O)c1cc(C(=O)O)cs1. The van der Waals surface area contributed by atoms with Gasteiger partial charge in [0.05, 0.1) is 5.56 Å². The second-order valence-electron chi connectivity index (χ2n) is 4.14. The number of rotatable bonds is 4. The highest BCUT2D eigenvalue weighted by atomic mass is 32.2. The van der Waals surface area contributed by atoms with E-state index in [1.807, 2.05) is 0 Å². The van der Waals surface area contributed by atoms with E-state index in [2.05, 4.69) is 0 Å². The summed E-state index contributed by atoms with van der Waals surface area (Å²) in [6.07, 6.45) is 0.954. The molecule has 1 aromatic rings. The maximum Gasteiger partial charge on any atom is 0.336 e. The summed E-state index contributed by atoms with van der Waals surface area (Å²) in [5, 5.41) is 10.0. The number of sulfonamides is 1. The second kappa shape index (κ2) is 4.91. The molecule has 3 N–H and O–H groups in total. The van der Waals surface area contributed by atoms with Crippen LogP contribution >= 0.6 is 11.3 Å². The predicted molar refractivity (Wildman–Crippen MR) is 67.4 cm³/mol. The van der Waals surface area contributed by atoms with E-state index in [-0.39, 0.29) is 16.3 Å². The van der Waals surface area contributed by atoms with Gasteiger partial charge in [0.1, 0.15) is 10.3 Å². The molecule has 0 radical (unpaired) electrons. The van der Waals surface area contributed by atoms with Crippen LogP contribution in [0, 0.1) is 0 Å². The van der Waals surface area contributed by atoms with Crippen LogP contribution in [-0.2, 0) is 14.8 Å². The van der Waals surface area contributed by atoms with Crippen molar-refractivity contribution in [3.05, 3.63) is 17.0 Å². The molecule has 1 atom stereocenters. The molecule has 1 saturated heterocycles. The lowest BCUT2D eigenvalue weighted by atomic mass is 10.2. The minimum Gasteiger partial charge on any atom is -0.478 e. The fraction of sp³-hybridized carbons (Fsp3) is 0.400. The fourth-order valence-electron chi connectivity index (χ4n) is 1.99. The molecule has 2 heterocycles. The first-order valence-corrected chi connectivity index (χ1v) is 7.79. The number of nitrogens with zero attached hydrogens (tertiary/aromatic N) is 1. The van der Waals surface area contributed by atoms with E-state index in [1.165, 1.54) is 5.38 Å². The largest absolute Gasteiger partial charge is 0.478 e. The topological polar surface area (TPSA) is 118 Å². The Bertz CT molecular complexity index is 622. The van der Waals surface area contributed by atoms with Crippen molar-refractivity contribution in [3.8, 4) is 0 Å². The molecule has 2 rings (SSSR count). The number of aromatic carboxylic acids is 1. The van der Waals surface area contributed by atoms with Crippen molar-refractivity contribution >= 4 is 33.2 Å². The van der Waals surface area contributed by atoms with E-state index < -0.39 is 27.9 Å². The third kappa shape index (κ3) is 2.48. The fourth-order valence-corrected chi connectivity index (χ4v) is 4.94. The average Bonchev–Trinajstić information content (AvgIpc) is 2.98. The Morgan fingerprint density at radius 2 is 2.16 bits per heavy atom. The zero-order valence-corrected chi connectivity index (χ0v) is 11.4. The number of amides is 1. The Balaban J connectivity index is 2.36. The van der Waals surface area contributed by atoms with Gasteiger partial charge in [0.25, 0.3) is 10.0 Å². The van der Waals surface area contributed by atoms with Gasteiger partial charge >= 0.3 is 5.97 Å². The molecule has 0 bridgehead atoms. The lowest BCUT2D eigenvalue weighted by Gasteiger charge is -2.20. The van der Waals surface area contributed by atoms with Gasteiger partial charge in [-0.3, -0.25) is 4.79 Å². The van der Waals surface area contributed by atoms with Crippen molar-refractivity contribution in [1.29, 1.82) is 0 Å². The van der Waals surface area contributed by atoms with E-state index in [0.29, 0.717) is 12.8 Å². The molecule has 1 aliphatic heterocycles. The van der Waals surface area contributed by atoms with Crippen molar-refractivity contribution in [2.24, 2.45) is 5.73 Å². The molecule has 19 heavy (non-hydrogen) atoms. The van der Waals surface area contributed by atoms with Gasteiger partial charge in [-0.05, 0) is 18.9 Å². The van der Waals surface area contributed by atoms with Crippen molar-refractivity contribution < 1.29 is 23.1 Å². The Hall–Kier alpha value is -1.45. The van der Waals surface area contributed by atoms with Gasteiger partial charge < -0.3 is 10.8 Å². The number of carbonyl (C=O) groups is 2. The Morgan fingerprint density at radius 1 is 1.47 bits per heavy atom. The minimum atomic E-state index is -3.86. The van der Waals surface area contributed by atoms with Crippen LogP contribution in [0.3, 0.4) is 0 Å². The minimum absolute atomic E-state index is 0.0848. The van der Waals surface area contributed by atoms with Crippen LogP contribution in [0.25, 0.3) is 0 Å². The molecule has 7 nitrogen and oxygen atoms in total. The van der Waals surface area contributed by atoms with Crippen LogP contribution in [0.2, 0.25) is 0 Å². The summed E-state index contributed by atoms with van der Waals surface area (Å²) in [5.74, 6) is -1.87. The molecule has 0 aliphatic carbocycles. The van der Waals surface area contributed by atoms with E-state index in [0.717, 1.165) is 21.7 Å². The molecule has 1 amide bonds. The molecule has 1 aromatic heterocycles. The molecular formula is C10H12N2O5S2. The number of nitrogens with two attached hydrogens (primary N) is 1. The quantitative estimate of drug-likeness (QED) is 0.817. The number of hydrogen-bond donors (Lipinski definition) is 2. The number of primary amides is 1. The van der Waals surface area contributed by atoms with E-state index >= 15 is 0 Å². The van der Waals surface area contributed by atoms with Gasteiger partial charge in [0.2, 0.25) is 5.91 Å². The first kappa shape index (κ1) is 14.0. The molecule has 0 spiro atoms. The van der Waals surface area contributed by atoms with E-state index in [9.17, 15) is 18.0 Å². The summed E-state index contributed by atoms with van der Waals surface area (Å²) in [6, 6.07) is 0.249. The van der Waals surface area contributed by atoms with Crippen LogP contribution in [0.15, 0.2) is 15.7 Å². The van der Waals surface area contributed by atoms with Crippen LogP contribution in [0.4, 0.5) is 0 Å².